The molecule has 0 radical (unpaired) electrons. The summed E-state index contributed by atoms with van der Waals surface area (Å²) in [5.74, 6) is 1.50. The molecule has 0 atom stereocenters. The molecular formula is C9H12N4O2. The van der Waals surface area contributed by atoms with Gasteiger partial charge in [-0.1, -0.05) is 11.1 Å². The number of aliphatic carboxylic acids is 1. The van der Waals surface area contributed by atoms with Crippen molar-refractivity contribution in [3.8, 4) is 12.3 Å². The molecule has 1 heterocycles. The summed E-state index contributed by atoms with van der Waals surface area (Å²) in [6.07, 6.45) is 6.87. The minimum Gasteiger partial charge on any atom is -0.480 e. The van der Waals surface area contributed by atoms with Gasteiger partial charge >= 0.3 is 5.97 Å². The van der Waals surface area contributed by atoms with Crippen LogP contribution < -0.4 is 0 Å². The normalized spacial score (nSPS) is 10.2. The third-order valence-corrected chi connectivity index (χ3v) is 1.71. The van der Waals surface area contributed by atoms with E-state index < -0.39 is 5.97 Å². The average molecular weight is 208 g/mol. The summed E-state index contributed by atoms with van der Waals surface area (Å²) in [6.45, 7) is 0.577. The Morgan fingerprint density at radius 1 is 1.80 bits per heavy atom. The van der Waals surface area contributed by atoms with Crippen LogP contribution in [0, 0.1) is 12.3 Å². The van der Waals surface area contributed by atoms with Crippen molar-refractivity contribution < 1.29 is 9.90 Å². The summed E-state index contributed by atoms with van der Waals surface area (Å²) >= 11 is 0. The fraction of sp³-hybridized carbons (Fsp3) is 0.444. The SMILES string of the molecule is C#CCN(CC(=O)O)Cc1cn(C)nn1. The highest BCUT2D eigenvalue weighted by Gasteiger charge is 2.10. The van der Waals surface area contributed by atoms with Crippen molar-refractivity contribution in [2.45, 2.75) is 6.54 Å². The first-order chi connectivity index (χ1) is 7.11. The van der Waals surface area contributed by atoms with Gasteiger partial charge in [-0.05, 0) is 0 Å². The predicted molar refractivity (Wildman–Crippen MR) is 52.7 cm³/mol. The van der Waals surface area contributed by atoms with Crippen LogP contribution in [0.1, 0.15) is 5.69 Å². The molecule has 0 aliphatic carbocycles. The van der Waals surface area contributed by atoms with Crippen molar-refractivity contribution >= 4 is 5.97 Å². The van der Waals surface area contributed by atoms with E-state index in [1.807, 2.05) is 0 Å². The number of hydrogen-bond donors (Lipinski definition) is 1. The first kappa shape index (κ1) is 11.2. The molecule has 1 aromatic rings. The Labute approximate surface area is 87.5 Å². The number of nitrogens with zero attached hydrogens (tertiary/aromatic N) is 4. The standard InChI is InChI=1S/C9H12N4O2/c1-3-4-13(7-9(14)15)6-8-5-12(2)11-10-8/h1,5H,4,6-7H2,2H3,(H,14,15). The lowest BCUT2D eigenvalue weighted by Gasteiger charge is -2.14. The van der Waals surface area contributed by atoms with E-state index in [9.17, 15) is 4.79 Å². The third-order valence-electron chi connectivity index (χ3n) is 1.71. The van der Waals surface area contributed by atoms with Crippen LogP contribution in [0.3, 0.4) is 0 Å². The lowest BCUT2D eigenvalue weighted by molar-refractivity contribution is -0.138. The van der Waals surface area contributed by atoms with E-state index in [0.29, 0.717) is 12.2 Å². The Morgan fingerprint density at radius 2 is 2.53 bits per heavy atom. The van der Waals surface area contributed by atoms with Gasteiger partial charge in [-0.3, -0.25) is 14.4 Å². The minimum atomic E-state index is -0.908. The number of carboxylic acid groups (broad SMARTS) is 1. The molecule has 0 saturated carbocycles. The van der Waals surface area contributed by atoms with E-state index in [2.05, 4.69) is 16.2 Å². The number of rotatable bonds is 5. The molecule has 1 N–H and O–H groups in total. The highest BCUT2D eigenvalue weighted by molar-refractivity contribution is 5.69. The predicted octanol–water partition coefficient (Wildman–Crippen LogP) is -0.665. The first-order valence-corrected chi connectivity index (χ1v) is 4.34. The van der Waals surface area contributed by atoms with Gasteiger partial charge in [0.1, 0.15) is 0 Å². The zero-order chi connectivity index (χ0) is 11.3. The Hall–Kier alpha value is -1.87. The molecule has 0 unspecified atom stereocenters. The molecule has 0 fully saturated rings. The average Bonchev–Trinajstić information content (AvgIpc) is 2.50. The molecule has 6 heteroatoms. The molecule has 0 amide bonds. The van der Waals surface area contributed by atoms with E-state index in [4.69, 9.17) is 11.5 Å². The summed E-state index contributed by atoms with van der Waals surface area (Å²) in [5.41, 5.74) is 0.703. The molecule has 15 heavy (non-hydrogen) atoms. The maximum atomic E-state index is 10.5. The van der Waals surface area contributed by atoms with Crippen molar-refractivity contribution in [2.24, 2.45) is 7.05 Å². The van der Waals surface area contributed by atoms with Crippen molar-refractivity contribution in [2.75, 3.05) is 13.1 Å². The zero-order valence-electron chi connectivity index (χ0n) is 8.42. The summed E-state index contributed by atoms with van der Waals surface area (Å²) in [4.78, 5) is 12.1. The molecule has 0 bridgehead atoms. The number of aryl methyl sites for hydroxylation is 1. The Morgan fingerprint density at radius 3 is 3.00 bits per heavy atom. The van der Waals surface area contributed by atoms with Gasteiger partial charge in [-0.25, -0.2) is 0 Å². The van der Waals surface area contributed by atoms with E-state index in [1.54, 1.807) is 22.8 Å². The number of carbonyl (C=O) groups is 1. The molecule has 1 aromatic heterocycles. The lowest BCUT2D eigenvalue weighted by Crippen LogP contribution is -2.29. The lowest BCUT2D eigenvalue weighted by atomic mass is 10.4. The summed E-state index contributed by atoms with van der Waals surface area (Å²) < 4.78 is 1.56. The van der Waals surface area contributed by atoms with Crippen LogP contribution in [0.15, 0.2) is 6.20 Å². The molecule has 0 aliphatic heterocycles. The van der Waals surface area contributed by atoms with Gasteiger partial charge in [0.05, 0.1) is 18.8 Å². The van der Waals surface area contributed by atoms with E-state index in [-0.39, 0.29) is 13.1 Å². The molecule has 1 rings (SSSR count). The third kappa shape index (κ3) is 3.79. The van der Waals surface area contributed by atoms with Gasteiger partial charge < -0.3 is 5.11 Å². The van der Waals surface area contributed by atoms with Crippen LogP contribution in [0.25, 0.3) is 0 Å². The van der Waals surface area contributed by atoms with Crippen molar-refractivity contribution in [3.05, 3.63) is 11.9 Å². The molecule has 80 valence electrons. The number of carboxylic acids is 1. The van der Waals surface area contributed by atoms with Gasteiger partial charge in [0.15, 0.2) is 0 Å². The van der Waals surface area contributed by atoms with Gasteiger partial charge in [0.2, 0.25) is 0 Å². The summed E-state index contributed by atoms with van der Waals surface area (Å²) in [5, 5.41) is 16.2. The Kier molecular flexibility index (Phi) is 3.83. The second kappa shape index (κ2) is 5.12. The fourth-order valence-electron chi connectivity index (χ4n) is 1.18. The van der Waals surface area contributed by atoms with Gasteiger partial charge in [0, 0.05) is 19.8 Å². The van der Waals surface area contributed by atoms with Crippen molar-refractivity contribution in [1.82, 2.24) is 19.9 Å². The van der Waals surface area contributed by atoms with E-state index in [1.165, 1.54) is 0 Å². The molecule has 0 aromatic carbocycles. The molecular weight excluding hydrogens is 196 g/mol. The maximum Gasteiger partial charge on any atom is 0.317 e. The monoisotopic (exact) mass is 208 g/mol. The fourth-order valence-corrected chi connectivity index (χ4v) is 1.18. The van der Waals surface area contributed by atoms with Crippen LogP contribution in [-0.2, 0) is 18.4 Å². The Balaban J connectivity index is 2.58. The summed E-state index contributed by atoms with van der Waals surface area (Å²) in [7, 11) is 1.75. The van der Waals surface area contributed by atoms with Crippen LogP contribution in [0.4, 0.5) is 0 Å². The van der Waals surface area contributed by atoms with Gasteiger partial charge in [0.25, 0.3) is 0 Å². The smallest absolute Gasteiger partial charge is 0.317 e. The number of terminal acetylenes is 1. The molecule has 0 aliphatic rings. The molecule has 6 nitrogen and oxygen atoms in total. The minimum absolute atomic E-state index is 0.0965. The Bertz CT molecular complexity index is 380. The second-order valence-electron chi connectivity index (χ2n) is 3.13. The summed E-state index contributed by atoms with van der Waals surface area (Å²) in [6, 6.07) is 0. The topological polar surface area (TPSA) is 71.2 Å². The van der Waals surface area contributed by atoms with Crippen LogP contribution in [0.5, 0.6) is 0 Å². The second-order valence-corrected chi connectivity index (χ2v) is 3.13. The van der Waals surface area contributed by atoms with Gasteiger partial charge in [-0.15, -0.1) is 11.5 Å². The quantitative estimate of drug-likeness (QED) is 0.650. The van der Waals surface area contributed by atoms with Gasteiger partial charge in [-0.2, -0.15) is 0 Å². The number of hydrogen-bond acceptors (Lipinski definition) is 4. The number of aromatic nitrogens is 3. The maximum absolute atomic E-state index is 10.5. The first-order valence-electron chi connectivity index (χ1n) is 4.34. The van der Waals surface area contributed by atoms with Crippen molar-refractivity contribution in [1.29, 1.82) is 0 Å². The largest absolute Gasteiger partial charge is 0.480 e. The van der Waals surface area contributed by atoms with Crippen molar-refractivity contribution in [3.63, 3.8) is 0 Å². The van der Waals surface area contributed by atoms with E-state index >= 15 is 0 Å². The molecule has 0 spiro atoms. The van der Waals surface area contributed by atoms with E-state index in [0.717, 1.165) is 0 Å². The zero-order valence-corrected chi connectivity index (χ0v) is 8.42. The molecule has 0 saturated heterocycles. The highest BCUT2D eigenvalue weighted by Crippen LogP contribution is 1.99. The van der Waals surface area contributed by atoms with Crippen LogP contribution in [0.2, 0.25) is 0 Å². The highest BCUT2D eigenvalue weighted by atomic mass is 16.4. The van der Waals surface area contributed by atoms with Crippen LogP contribution >= 0.6 is 0 Å². The van der Waals surface area contributed by atoms with Crippen LogP contribution in [-0.4, -0.2) is 44.1 Å².